The van der Waals surface area contributed by atoms with Crippen molar-refractivity contribution in [1.82, 2.24) is 15.2 Å². The SMILES string of the molecule is FC(F)(F)c1ccc(NC(=S)N2CCNCC2)cc1.O=Cc1ccnc(OC2CCC(Nc3ccc([N+](=O)[O-])c(C(F)(F)F)c3)CC2)c1. The minimum absolute atomic E-state index is 0.0772. The van der Waals surface area contributed by atoms with Crippen LogP contribution in [-0.2, 0) is 12.4 Å². The fourth-order valence-corrected chi connectivity index (χ4v) is 5.42. The summed E-state index contributed by atoms with van der Waals surface area (Å²) >= 11 is 5.23. The smallest absolute Gasteiger partial charge is 0.423 e. The molecule has 2 fully saturated rings. The number of rotatable bonds is 7. The minimum atomic E-state index is -4.81. The molecule has 0 amide bonds. The predicted molar refractivity (Wildman–Crippen MR) is 170 cm³/mol. The highest BCUT2D eigenvalue weighted by molar-refractivity contribution is 7.80. The second-order valence-corrected chi connectivity index (χ2v) is 11.4. The Morgan fingerprint density at radius 2 is 1.60 bits per heavy atom. The number of ether oxygens (including phenoxy) is 1. The van der Waals surface area contributed by atoms with Crippen molar-refractivity contribution in [2.45, 2.75) is 50.2 Å². The number of hydrogen-bond acceptors (Lipinski definition) is 8. The zero-order valence-electron chi connectivity index (χ0n) is 25.3. The van der Waals surface area contributed by atoms with Crippen LogP contribution >= 0.6 is 12.2 Å². The number of nitro benzene ring substituents is 1. The van der Waals surface area contributed by atoms with Gasteiger partial charge in [0.25, 0.3) is 5.69 Å². The van der Waals surface area contributed by atoms with E-state index in [1.54, 1.807) is 12.1 Å². The number of nitrogens with one attached hydrogen (secondary N) is 3. The van der Waals surface area contributed by atoms with Gasteiger partial charge in [-0.15, -0.1) is 0 Å². The number of aldehydes is 1. The lowest BCUT2D eigenvalue weighted by Gasteiger charge is -2.30. The zero-order chi connectivity index (χ0) is 34.9. The van der Waals surface area contributed by atoms with Crippen molar-refractivity contribution in [1.29, 1.82) is 0 Å². The summed E-state index contributed by atoms with van der Waals surface area (Å²) in [6, 6.07) is 10.8. The maximum absolute atomic E-state index is 13.1. The number of benzene rings is 2. The summed E-state index contributed by atoms with van der Waals surface area (Å²) in [5, 5.41) is 20.6. The first kappa shape index (κ1) is 36.3. The molecule has 0 unspecified atom stereocenters. The number of nitro groups is 1. The molecule has 0 atom stereocenters. The molecule has 10 nitrogen and oxygen atoms in total. The third kappa shape index (κ3) is 10.5. The number of carbonyl (C=O) groups is 1. The molecule has 48 heavy (non-hydrogen) atoms. The average molecular weight is 699 g/mol. The van der Waals surface area contributed by atoms with E-state index in [0.717, 1.165) is 50.4 Å². The number of hydrogen-bond donors (Lipinski definition) is 3. The lowest BCUT2D eigenvalue weighted by Crippen LogP contribution is -2.47. The van der Waals surface area contributed by atoms with Crippen LogP contribution in [0, 0.1) is 10.1 Å². The zero-order valence-corrected chi connectivity index (χ0v) is 26.1. The highest BCUT2D eigenvalue weighted by Gasteiger charge is 2.38. The Labute approximate surface area is 277 Å². The lowest BCUT2D eigenvalue weighted by atomic mass is 9.92. The maximum atomic E-state index is 13.1. The van der Waals surface area contributed by atoms with Gasteiger partial charge in [-0.1, -0.05) is 0 Å². The summed E-state index contributed by atoms with van der Waals surface area (Å²) in [4.78, 5) is 26.7. The van der Waals surface area contributed by atoms with Crippen LogP contribution < -0.4 is 20.7 Å². The Morgan fingerprint density at radius 3 is 2.19 bits per heavy atom. The van der Waals surface area contributed by atoms with E-state index in [1.807, 2.05) is 4.90 Å². The second-order valence-electron chi connectivity index (χ2n) is 11.0. The Balaban J connectivity index is 0.000000237. The molecule has 5 rings (SSSR count). The van der Waals surface area contributed by atoms with Gasteiger partial charge in [-0.05, 0) is 80.4 Å². The molecule has 0 radical (unpaired) electrons. The van der Waals surface area contributed by atoms with Gasteiger partial charge in [-0.25, -0.2) is 4.98 Å². The van der Waals surface area contributed by atoms with E-state index in [2.05, 4.69) is 20.9 Å². The Kier molecular flexibility index (Phi) is 12.2. The number of anilines is 2. The maximum Gasteiger partial charge on any atom is 0.423 e. The average Bonchev–Trinajstić information content (AvgIpc) is 3.06. The highest BCUT2D eigenvalue weighted by Crippen LogP contribution is 2.38. The standard InChI is InChI=1S/C19H18F3N3O4.C12H14F3N3S/c20-19(21,22)16-10-14(3-6-17(16)25(27)28)24-13-1-4-15(5-2-13)29-18-9-12(11-26)7-8-23-18;13-12(14,15)9-1-3-10(4-2-9)17-11(19)18-7-5-16-6-8-18/h3,6-11,13,15,24H,1-2,4-5H2;1-4,16H,5-8H2,(H,17,19). The van der Waals surface area contributed by atoms with Crippen molar-refractivity contribution in [3.05, 3.63) is 87.6 Å². The number of aromatic nitrogens is 1. The van der Waals surface area contributed by atoms with Crippen LogP contribution in [-0.4, -0.2) is 64.5 Å². The molecule has 1 aliphatic heterocycles. The van der Waals surface area contributed by atoms with E-state index in [9.17, 15) is 41.3 Å². The van der Waals surface area contributed by atoms with Crippen LogP contribution in [0.5, 0.6) is 5.88 Å². The van der Waals surface area contributed by atoms with E-state index < -0.39 is 34.1 Å². The monoisotopic (exact) mass is 698 g/mol. The Morgan fingerprint density at radius 1 is 0.958 bits per heavy atom. The summed E-state index contributed by atoms with van der Waals surface area (Å²) in [5.74, 6) is 0.358. The first-order valence-corrected chi connectivity index (χ1v) is 15.3. The number of nitrogens with zero attached hydrogens (tertiary/aromatic N) is 3. The molecule has 0 spiro atoms. The Hall–Kier alpha value is -4.51. The highest BCUT2D eigenvalue weighted by atomic mass is 32.1. The molecule has 1 aromatic heterocycles. The van der Waals surface area contributed by atoms with E-state index in [4.69, 9.17) is 17.0 Å². The first-order chi connectivity index (χ1) is 22.7. The topological polar surface area (TPSA) is 122 Å². The molecular formula is C31H32F6N6O4S. The number of alkyl halides is 6. The molecular weight excluding hydrogens is 666 g/mol. The van der Waals surface area contributed by atoms with Crippen LogP contribution in [0.4, 0.5) is 43.4 Å². The van der Waals surface area contributed by atoms with Gasteiger partial charge in [-0.3, -0.25) is 14.9 Å². The third-order valence-corrected chi connectivity index (χ3v) is 7.95. The minimum Gasteiger partial charge on any atom is -0.474 e. The largest absolute Gasteiger partial charge is 0.474 e. The van der Waals surface area contributed by atoms with Crippen LogP contribution in [0.1, 0.15) is 47.2 Å². The van der Waals surface area contributed by atoms with E-state index in [-0.39, 0.29) is 17.8 Å². The van der Waals surface area contributed by atoms with E-state index in [1.165, 1.54) is 24.4 Å². The molecule has 1 saturated carbocycles. The molecule has 3 aromatic rings. The molecule has 0 bridgehead atoms. The molecule has 2 aliphatic rings. The Bertz CT molecular complexity index is 1560. The van der Waals surface area contributed by atoms with E-state index >= 15 is 0 Å². The van der Waals surface area contributed by atoms with Crippen molar-refractivity contribution in [3.8, 4) is 5.88 Å². The molecule has 1 saturated heterocycles. The van der Waals surface area contributed by atoms with Crippen molar-refractivity contribution in [3.63, 3.8) is 0 Å². The van der Waals surface area contributed by atoms with Crippen molar-refractivity contribution >= 4 is 40.7 Å². The second kappa shape index (κ2) is 16.1. The molecule has 2 aromatic carbocycles. The van der Waals surface area contributed by atoms with Crippen molar-refractivity contribution in [2.24, 2.45) is 0 Å². The quantitative estimate of drug-likeness (QED) is 0.0788. The summed E-state index contributed by atoms with van der Waals surface area (Å²) in [7, 11) is 0. The molecule has 2 heterocycles. The van der Waals surface area contributed by atoms with Gasteiger partial charge in [0.05, 0.1) is 10.5 Å². The van der Waals surface area contributed by atoms with Crippen LogP contribution in [0.2, 0.25) is 0 Å². The van der Waals surface area contributed by atoms with Crippen molar-refractivity contribution < 1.29 is 40.8 Å². The van der Waals surface area contributed by atoms with Crippen LogP contribution in [0.25, 0.3) is 0 Å². The third-order valence-electron chi connectivity index (χ3n) is 7.59. The normalized spacial score (nSPS) is 18.2. The number of piperazine rings is 1. The molecule has 1 aliphatic carbocycles. The summed E-state index contributed by atoms with van der Waals surface area (Å²) < 4.78 is 82.3. The number of carbonyl (C=O) groups excluding carboxylic acids is 1. The van der Waals surface area contributed by atoms with Gasteiger partial charge in [0, 0.05) is 67.5 Å². The van der Waals surface area contributed by atoms with Crippen LogP contribution in [0.15, 0.2) is 60.8 Å². The molecule has 258 valence electrons. The van der Waals surface area contributed by atoms with Crippen LogP contribution in [0.3, 0.4) is 0 Å². The van der Waals surface area contributed by atoms with Gasteiger partial charge in [-0.2, -0.15) is 26.3 Å². The fourth-order valence-electron chi connectivity index (χ4n) is 5.12. The van der Waals surface area contributed by atoms with E-state index in [0.29, 0.717) is 54.2 Å². The van der Waals surface area contributed by atoms with Gasteiger partial charge < -0.3 is 25.6 Å². The van der Waals surface area contributed by atoms with Gasteiger partial charge >= 0.3 is 12.4 Å². The fraction of sp³-hybridized carbons (Fsp3) is 0.387. The summed E-state index contributed by atoms with van der Waals surface area (Å²) in [6.07, 6.45) is -4.43. The molecule has 3 N–H and O–H groups in total. The van der Waals surface area contributed by atoms with Gasteiger partial charge in [0.1, 0.15) is 18.0 Å². The van der Waals surface area contributed by atoms with Crippen molar-refractivity contribution in [2.75, 3.05) is 36.8 Å². The van der Waals surface area contributed by atoms with Gasteiger partial charge in [0.15, 0.2) is 5.11 Å². The number of pyridine rings is 1. The lowest BCUT2D eigenvalue weighted by molar-refractivity contribution is -0.388. The molecule has 17 heteroatoms. The van der Waals surface area contributed by atoms with Gasteiger partial charge in [0.2, 0.25) is 5.88 Å². The summed E-state index contributed by atoms with van der Waals surface area (Å²) in [6.45, 7) is 3.31. The summed E-state index contributed by atoms with van der Waals surface area (Å²) in [5.41, 5.74) is -1.69. The first-order valence-electron chi connectivity index (χ1n) is 14.9. The predicted octanol–water partition coefficient (Wildman–Crippen LogP) is 6.93. The number of thiocarbonyl (C=S) groups is 1. The number of halogens is 6.